The van der Waals surface area contributed by atoms with Crippen LogP contribution in [0.2, 0.25) is 0 Å². The molecule has 0 unspecified atom stereocenters. The number of alkyl halides is 3. The van der Waals surface area contributed by atoms with Gasteiger partial charge in [-0.1, -0.05) is 12.1 Å². The highest BCUT2D eigenvalue weighted by Gasteiger charge is 2.30. The summed E-state index contributed by atoms with van der Waals surface area (Å²) < 4.78 is 40.1. The van der Waals surface area contributed by atoms with Gasteiger partial charge in [0.2, 0.25) is 0 Å². The lowest BCUT2D eigenvalue weighted by atomic mass is 10.2. The molecule has 0 aliphatic heterocycles. The van der Waals surface area contributed by atoms with Gasteiger partial charge in [0.15, 0.2) is 5.96 Å². The fourth-order valence-corrected chi connectivity index (χ4v) is 1.99. The number of ether oxygens (including phenoxy) is 1. The van der Waals surface area contributed by atoms with Crippen LogP contribution in [0.25, 0.3) is 0 Å². The van der Waals surface area contributed by atoms with Crippen LogP contribution in [0.4, 0.5) is 13.2 Å². The monoisotopic (exact) mass is 381 g/mol. The molecule has 2 aromatic rings. The first-order chi connectivity index (χ1) is 12.8. The first-order valence-corrected chi connectivity index (χ1v) is 7.90. The second kappa shape index (κ2) is 9.41. The first-order valence-electron chi connectivity index (χ1n) is 7.90. The zero-order valence-corrected chi connectivity index (χ0v) is 14.2. The fourth-order valence-electron chi connectivity index (χ4n) is 1.99. The maximum absolute atomic E-state index is 12.1. The van der Waals surface area contributed by atoms with Crippen LogP contribution in [0.15, 0.2) is 53.8 Å². The van der Waals surface area contributed by atoms with E-state index >= 15 is 0 Å². The van der Waals surface area contributed by atoms with E-state index in [9.17, 15) is 18.0 Å². The van der Waals surface area contributed by atoms with Crippen molar-refractivity contribution >= 4 is 11.9 Å². The molecule has 0 bridgehead atoms. The van der Waals surface area contributed by atoms with Gasteiger partial charge in [0.05, 0.1) is 12.1 Å². The maximum Gasteiger partial charge on any atom is 0.573 e. The molecule has 2 rings (SSSR count). The highest BCUT2D eigenvalue weighted by Crippen LogP contribution is 2.22. The molecule has 0 saturated carbocycles. The number of nitrogens with one attached hydrogen (secondary N) is 2. The van der Waals surface area contributed by atoms with Crippen molar-refractivity contribution in [1.82, 2.24) is 15.6 Å². The summed E-state index contributed by atoms with van der Waals surface area (Å²) in [5.41, 5.74) is 6.83. The predicted octanol–water partition coefficient (Wildman–Crippen LogP) is 1.81. The number of benzene rings is 1. The molecule has 7 nitrogen and oxygen atoms in total. The van der Waals surface area contributed by atoms with E-state index in [2.05, 4.69) is 25.3 Å². The molecule has 0 radical (unpaired) electrons. The van der Waals surface area contributed by atoms with Crippen molar-refractivity contribution < 1.29 is 22.7 Å². The van der Waals surface area contributed by atoms with Crippen LogP contribution in [-0.2, 0) is 6.54 Å². The number of amides is 1. The van der Waals surface area contributed by atoms with Crippen LogP contribution in [0.3, 0.4) is 0 Å². The third kappa shape index (κ3) is 7.63. The fraction of sp³-hybridized carbons (Fsp3) is 0.235. The molecule has 1 aromatic heterocycles. The normalized spacial score (nSPS) is 11.7. The summed E-state index contributed by atoms with van der Waals surface area (Å²) in [7, 11) is 0. The van der Waals surface area contributed by atoms with Gasteiger partial charge in [-0.2, -0.15) is 0 Å². The molecule has 0 fully saturated rings. The van der Waals surface area contributed by atoms with E-state index in [1.54, 1.807) is 18.3 Å². The Morgan fingerprint density at radius 1 is 1.15 bits per heavy atom. The topological polar surface area (TPSA) is 102 Å². The number of hydrogen-bond donors (Lipinski definition) is 3. The van der Waals surface area contributed by atoms with Crippen LogP contribution >= 0.6 is 0 Å². The summed E-state index contributed by atoms with van der Waals surface area (Å²) in [6, 6.07) is 8.65. The van der Waals surface area contributed by atoms with Crippen molar-refractivity contribution in [2.75, 3.05) is 13.1 Å². The van der Waals surface area contributed by atoms with Crippen LogP contribution in [0.1, 0.15) is 15.9 Å². The smallest absolute Gasteiger partial charge is 0.406 e. The summed E-state index contributed by atoms with van der Waals surface area (Å²) in [6.45, 7) is 0.875. The lowest BCUT2D eigenvalue weighted by Crippen LogP contribution is -2.38. The van der Waals surface area contributed by atoms with Crippen molar-refractivity contribution in [2.45, 2.75) is 12.9 Å². The number of aromatic nitrogens is 1. The van der Waals surface area contributed by atoms with Gasteiger partial charge in [0, 0.05) is 25.5 Å². The van der Waals surface area contributed by atoms with E-state index < -0.39 is 6.36 Å². The minimum Gasteiger partial charge on any atom is -0.406 e. The molecular weight excluding hydrogens is 363 g/mol. The van der Waals surface area contributed by atoms with Crippen LogP contribution in [-0.4, -0.2) is 36.3 Å². The quantitative estimate of drug-likeness (QED) is 0.386. The molecule has 1 heterocycles. The number of guanidine groups is 1. The second-order valence-corrected chi connectivity index (χ2v) is 5.32. The van der Waals surface area contributed by atoms with E-state index in [1.165, 1.54) is 30.5 Å². The summed E-state index contributed by atoms with van der Waals surface area (Å²) in [4.78, 5) is 19.7. The Labute approximate surface area is 153 Å². The molecular formula is C17H18F3N5O2. The van der Waals surface area contributed by atoms with Crippen LogP contribution in [0.5, 0.6) is 5.75 Å². The Morgan fingerprint density at radius 3 is 2.48 bits per heavy atom. The molecule has 1 aromatic carbocycles. The third-order valence-corrected chi connectivity index (χ3v) is 3.23. The van der Waals surface area contributed by atoms with Gasteiger partial charge < -0.3 is 21.1 Å². The van der Waals surface area contributed by atoms with E-state index in [4.69, 9.17) is 5.73 Å². The van der Waals surface area contributed by atoms with E-state index in [1.807, 2.05) is 0 Å². The van der Waals surface area contributed by atoms with Gasteiger partial charge in [0.25, 0.3) is 5.91 Å². The summed E-state index contributed by atoms with van der Waals surface area (Å²) in [5.74, 6) is -0.395. The SMILES string of the molecule is NC(=NCc1ccc(OC(F)(F)F)cc1)NCCNC(=O)c1cccnc1. The Hall–Kier alpha value is -3.30. The predicted molar refractivity (Wildman–Crippen MR) is 93.0 cm³/mol. The number of pyridine rings is 1. The number of carbonyl (C=O) groups excluding carboxylic acids is 1. The summed E-state index contributed by atoms with van der Waals surface area (Å²) in [6.07, 6.45) is -1.68. The van der Waals surface area contributed by atoms with Crippen molar-refractivity contribution in [2.24, 2.45) is 10.7 Å². The highest BCUT2D eigenvalue weighted by molar-refractivity contribution is 5.93. The molecule has 1 amide bonds. The average molecular weight is 381 g/mol. The van der Waals surface area contributed by atoms with Crippen LogP contribution < -0.4 is 21.1 Å². The number of halogens is 3. The number of carbonyl (C=O) groups is 1. The number of aliphatic imine (C=N–C) groups is 1. The van der Waals surface area contributed by atoms with Gasteiger partial charge >= 0.3 is 6.36 Å². The molecule has 0 atom stereocenters. The average Bonchev–Trinajstić information content (AvgIpc) is 2.64. The molecule has 27 heavy (non-hydrogen) atoms. The summed E-state index contributed by atoms with van der Waals surface area (Å²) in [5, 5.41) is 5.52. The van der Waals surface area contributed by atoms with Crippen molar-refractivity contribution in [3.05, 3.63) is 59.9 Å². The van der Waals surface area contributed by atoms with Gasteiger partial charge in [0.1, 0.15) is 5.75 Å². The molecule has 4 N–H and O–H groups in total. The number of rotatable bonds is 7. The molecule has 0 aliphatic rings. The van der Waals surface area contributed by atoms with E-state index in [-0.39, 0.29) is 24.2 Å². The Balaban J connectivity index is 1.70. The molecule has 0 saturated heterocycles. The van der Waals surface area contributed by atoms with Crippen LogP contribution in [0, 0.1) is 0 Å². The zero-order chi connectivity index (χ0) is 19.7. The van der Waals surface area contributed by atoms with Crippen molar-refractivity contribution in [1.29, 1.82) is 0 Å². The van der Waals surface area contributed by atoms with E-state index in [0.717, 1.165) is 0 Å². The standard InChI is InChI=1S/C17H18F3N5O2/c18-17(19,20)27-14-5-3-12(4-6-14)10-25-16(21)24-9-8-23-15(26)13-2-1-7-22-11-13/h1-7,11H,8-10H2,(H,23,26)(H3,21,24,25). The number of hydrogen-bond acceptors (Lipinski definition) is 4. The third-order valence-electron chi connectivity index (χ3n) is 3.23. The van der Waals surface area contributed by atoms with Crippen molar-refractivity contribution in [3.8, 4) is 5.75 Å². The lowest BCUT2D eigenvalue weighted by Gasteiger charge is -2.09. The minimum atomic E-state index is -4.72. The van der Waals surface area contributed by atoms with Gasteiger partial charge in [-0.25, -0.2) is 4.99 Å². The lowest BCUT2D eigenvalue weighted by molar-refractivity contribution is -0.274. The molecule has 0 aliphatic carbocycles. The number of nitrogens with two attached hydrogens (primary N) is 1. The van der Waals surface area contributed by atoms with Gasteiger partial charge in [-0.3, -0.25) is 9.78 Å². The number of nitrogens with zero attached hydrogens (tertiary/aromatic N) is 2. The largest absolute Gasteiger partial charge is 0.573 e. The maximum atomic E-state index is 12.1. The Kier molecular flexibility index (Phi) is 6.98. The molecule has 10 heteroatoms. The first kappa shape index (κ1) is 20.0. The van der Waals surface area contributed by atoms with Gasteiger partial charge in [-0.05, 0) is 29.8 Å². The molecule has 144 valence electrons. The molecule has 0 spiro atoms. The van der Waals surface area contributed by atoms with Crippen molar-refractivity contribution in [3.63, 3.8) is 0 Å². The summed E-state index contributed by atoms with van der Waals surface area (Å²) >= 11 is 0. The van der Waals surface area contributed by atoms with E-state index in [0.29, 0.717) is 24.2 Å². The minimum absolute atomic E-state index is 0.154. The highest BCUT2D eigenvalue weighted by atomic mass is 19.4. The Bertz CT molecular complexity index is 764. The Morgan fingerprint density at radius 2 is 1.85 bits per heavy atom. The van der Waals surface area contributed by atoms with Gasteiger partial charge in [-0.15, -0.1) is 13.2 Å². The zero-order valence-electron chi connectivity index (χ0n) is 14.2. The second-order valence-electron chi connectivity index (χ2n) is 5.32.